The van der Waals surface area contributed by atoms with Crippen LogP contribution in [0.25, 0.3) is 0 Å². The number of rotatable bonds is 6. The minimum absolute atomic E-state index is 0.251. The van der Waals surface area contributed by atoms with E-state index in [0.29, 0.717) is 0 Å². The Morgan fingerprint density at radius 1 is 1.28 bits per heavy atom. The molecule has 1 aliphatic carbocycles. The second-order valence-corrected chi connectivity index (χ2v) is 5.41. The summed E-state index contributed by atoms with van der Waals surface area (Å²) < 4.78 is 5.95. The van der Waals surface area contributed by atoms with E-state index in [1.807, 2.05) is 18.2 Å². The lowest BCUT2D eigenvalue weighted by atomic mass is 10.2. The van der Waals surface area contributed by atoms with Gasteiger partial charge >= 0.3 is 0 Å². The maximum atomic E-state index is 5.95. The molecule has 1 aromatic rings. The first-order chi connectivity index (χ1) is 8.92. The third kappa shape index (κ3) is 3.16. The van der Waals surface area contributed by atoms with Gasteiger partial charge in [-0.3, -0.25) is 0 Å². The number of para-hydroxylation sites is 2. The Balaban J connectivity index is 1.36. The molecule has 2 aliphatic rings. The van der Waals surface area contributed by atoms with Crippen LogP contribution in [0.2, 0.25) is 0 Å². The van der Waals surface area contributed by atoms with Gasteiger partial charge in [-0.25, -0.2) is 0 Å². The zero-order valence-corrected chi connectivity index (χ0v) is 10.8. The number of hydrogen-bond donors (Lipinski definition) is 2. The van der Waals surface area contributed by atoms with Crippen LogP contribution in [0.5, 0.6) is 5.75 Å². The number of anilines is 1. The predicted molar refractivity (Wildman–Crippen MR) is 74.2 cm³/mol. The quantitative estimate of drug-likeness (QED) is 0.757. The Morgan fingerprint density at radius 3 is 3.06 bits per heavy atom. The third-order valence-corrected chi connectivity index (χ3v) is 3.74. The molecule has 1 aliphatic heterocycles. The van der Waals surface area contributed by atoms with Crippen molar-refractivity contribution in [1.82, 2.24) is 5.32 Å². The van der Waals surface area contributed by atoms with Crippen LogP contribution in [0.15, 0.2) is 24.3 Å². The van der Waals surface area contributed by atoms with Gasteiger partial charge in [0.15, 0.2) is 0 Å². The Kier molecular flexibility index (Phi) is 3.69. The van der Waals surface area contributed by atoms with E-state index in [1.165, 1.54) is 25.7 Å². The monoisotopic (exact) mass is 246 g/mol. The minimum atomic E-state index is 0.251. The Bertz CT molecular complexity index is 390. The molecule has 3 heteroatoms. The summed E-state index contributed by atoms with van der Waals surface area (Å²) in [5, 5.41) is 6.92. The van der Waals surface area contributed by atoms with Gasteiger partial charge in [0.25, 0.3) is 0 Å². The molecule has 1 saturated carbocycles. The first-order valence-corrected chi connectivity index (χ1v) is 7.12. The summed E-state index contributed by atoms with van der Waals surface area (Å²) in [6, 6.07) is 8.15. The van der Waals surface area contributed by atoms with E-state index in [9.17, 15) is 0 Å². The van der Waals surface area contributed by atoms with Crippen LogP contribution in [0.3, 0.4) is 0 Å². The molecule has 1 heterocycles. The maximum Gasteiger partial charge on any atom is 0.142 e. The first-order valence-electron chi connectivity index (χ1n) is 7.12. The number of fused-ring (bicyclic) bond motifs is 1. The molecule has 18 heavy (non-hydrogen) atoms. The molecule has 0 radical (unpaired) electrons. The van der Waals surface area contributed by atoms with Gasteiger partial charge in [-0.1, -0.05) is 25.0 Å². The SMILES string of the molecule is c1ccc2c(c1)NCC(CNCCCC1CC1)O2. The van der Waals surface area contributed by atoms with E-state index in [2.05, 4.69) is 16.7 Å². The largest absolute Gasteiger partial charge is 0.485 e. The molecular formula is C15H22N2O. The number of hydrogen-bond acceptors (Lipinski definition) is 3. The van der Waals surface area contributed by atoms with Gasteiger partial charge in [0.1, 0.15) is 11.9 Å². The molecule has 0 aromatic heterocycles. The maximum absolute atomic E-state index is 5.95. The van der Waals surface area contributed by atoms with Crippen molar-refractivity contribution in [3.63, 3.8) is 0 Å². The summed E-state index contributed by atoms with van der Waals surface area (Å²) in [7, 11) is 0. The summed E-state index contributed by atoms with van der Waals surface area (Å²) in [5.41, 5.74) is 1.11. The number of ether oxygens (including phenoxy) is 1. The third-order valence-electron chi connectivity index (χ3n) is 3.74. The Labute approximate surface area is 109 Å². The van der Waals surface area contributed by atoms with Gasteiger partial charge in [0, 0.05) is 6.54 Å². The van der Waals surface area contributed by atoms with E-state index in [1.54, 1.807) is 0 Å². The van der Waals surface area contributed by atoms with E-state index < -0.39 is 0 Å². The van der Waals surface area contributed by atoms with Gasteiger partial charge in [-0.15, -0.1) is 0 Å². The molecule has 1 unspecified atom stereocenters. The summed E-state index contributed by atoms with van der Waals surface area (Å²) in [4.78, 5) is 0. The molecule has 0 saturated heterocycles. The van der Waals surface area contributed by atoms with E-state index in [4.69, 9.17) is 4.74 Å². The molecule has 3 rings (SSSR count). The minimum Gasteiger partial charge on any atom is -0.485 e. The van der Waals surface area contributed by atoms with Crippen LogP contribution in [0.4, 0.5) is 5.69 Å². The zero-order chi connectivity index (χ0) is 12.2. The van der Waals surface area contributed by atoms with Crippen molar-refractivity contribution in [2.45, 2.75) is 31.8 Å². The van der Waals surface area contributed by atoms with Gasteiger partial charge in [0.2, 0.25) is 0 Å². The van der Waals surface area contributed by atoms with Gasteiger partial charge in [-0.2, -0.15) is 0 Å². The van der Waals surface area contributed by atoms with Crippen LogP contribution >= 0.6 is 0 Å². The van der Waals surface area contributed by atoms with Crippen LogP contribution in [-0.2, 0) is 0 Å². The second-order valence-electron chi connectivity index (χ2n) is 5.41. The summed E-state index contributed by atoms with van der Waals surface area (Å²) >= 11 is 0. The van der Waals surface area contributed by atoms with E-state index >= 15 is 0 Å². The fraction of sp³-hybridized carbons (Fsp3) is 0.600. The standard InChI is InChI=1S/C15H22N2O/c1-2-6-15-14(5-1)17-11-13(18-15)10-16-9-3-4-12-7-8-12/h1-2,5-6,12-13,16-17H,3-4,7-11H2. The average molecular weight is 246 g/mol. The molecule has 2 N–H and O–H groups in total. The number of nitrogens with one attached hydrogen (secondary N) is 2. The van der Waals surface area contributed by atoms with E-state index in [-0.39, 0.29) is 6.10 Å². The van der Waals surface area contributed by atoms with Gasteiger partial charge < -0.3 is 15.4 Å². The van der Waals surface area contributed by atoms with Crippen molar-refractivity contribution in [2.75, 3.05) is 25.0 Å². The highest BCUT2D eigenvalue weighted by atomic mass is 16.5. The molecular weight excluding hydrogens is 224 g/mol. The lowest BCUT2D eigenvalue weighted by Gasteiger charge is -2.27. The molecule has 1 atom stereocenters. The zero-order valence-electron chi connectivity index (χ0n) is 10.8. The molecule has 0 amide bonds. The average Bonchev–Trinajstić information content (AvgIpc) is 3.22. The molecule has 0 spiro atoms. The summed E-state index contributed by atoms with van der Waals surface area (Å²) in [5.74, 6) is 2.03. The highest BCUT2D eigenvalue weighted by molar-refractivity contribution is 5.57. The molecule has 0 bridgehead atoms. The summed E-state index contributed by atoms with van der Waals surface area (Å²) in [6.07, 6.45) is 5.89. The highest BCUT2D eigenvalue weighted by Gasteiger charge is 2.20. The van der Waals surface area contributed by atoms with Crippen molar-refractivity contribution < 1.29 is 4.74 Å². The Hall–Kier alpha value is -1.22. The smallest absolute Gasteiger partial charge is 0.142 e. The van der Waals surface area contributed by atoms with Crippen LogP contribution < -0.4 is 15.4 Å². The molecule has 3 nitrogen and oxygen atoms in total. The van der Waals surface area contributed by atoms with Crippen molar-refractivity contribution >= 4 is 5.69 Å². The van der Waals surface area contributed by atoms with E-state index in [0.717, 1.165) is 37.0 Å². The van der Waals surface area contributed by atoms with Crippen molar-refractivity contribution in [2.24, 2.45) is 5.92 Å². The lowest BCUT2D eigenvalue weighted by Crippen LogP contribution is -2.39. The van der Waals surface area contributed by atoms with Gasteiger partial charge in [-0.05, 0) is 37.4 Å². The molecule has 1 aromatic carbocycles. The molecule has 98 valence electrons. The predicted octanol–water partition coefficient (Wildman–Crippen LogP) is 2.64. The first kappa shape index (κ1) is 11.8. The second kappa shape index (κ2) is 5.61. The van der Waals surface area contributed by atoms with Crippen molar-refractivity contribution in [3.05, 3.63) is 24.3 Å². The number of benzene rings is 1. The van der Waals surface area contributed by atoms with Crippen molar-refractivity contribution in [3.8, 4) is 5.75 Å². The van der Waals surface area contributed by atoms with Crippen LogP contribution in [0, 0.1) is 5.92 Å². The fourth-order valence-corrected chi connectivity index (χ4v) is 2.46. The summed E-state index contributed by atoms with van der Waals surface area (Å²) in [6.45, 7) is 2.96. The highest BCUT2D eigenvalue weighted by Crippen LogP contribution is 2.33. The van der Waals surface area contributed by atoms with Crippen LogP contribution in [0.1, 0.15) is 25.7 Å². The van der Waals surface area contributed by atoms with Crippen molar-refractivity contribution in [1.29, 1.82) is 0 Å². The van der Waals surface area contributed by atoms with Gasteiger partial charge in [0.05, 0.1) is 12.2 Å². The Morgan fingerprint density at radius 2 is 2.17 bits per heavy atom. The topological polar surface area (TPSA) is 33.3 Å². The lowest BCUT2D eigenvalue weighted by molar-refractivity contribution is 0.202. The normalized spacial score (nSPS) is 21.9. The fourth-order valence-electron chi connectivity index (χ4n) is 2.46. The van der Waals surface area contributed by atoms with Crippen LogP contribution in [-0.4, -0.2) is 25.7 Å². The molecule has 1 fully saturated rings.